The van der Waals surface area contributed by atoms with Crippen LogP contribution < -0.4 is 0 Å². The summed E-state index contributed by atoms with van der Waals surface area (Å²) >= 11 is 0. The number of oxazole rings is 1. The summed E-state index contributed by atoms with van der Waals surface area (Å²) in [4.78, 5) is 8.46. The lowest BCUT2D eigenvalue weighted by atomic mass is 10.3. The zero-order chi connectivity index (χ0) is 11.8. The van der Waals surface area contributed by atoms with Crippen molar-refractivity contribution in [3.05, 3.63) is 35.6 Å². The zero-order valence-corrected chi connectivity index (χ0v) is 9.47. The molecule has 0 bridgehead atoms. The van der Waals surface area contributed by atoms with E-state index in [1.165, 1.54) is 0 Å². The van der Waals surface area contributed by atoms with E-state index in [0.29, 0.717) is 24.1 Å². The van der Waals surface area contributed by atoms with E-state index in [2.05, 4.69) is 20.2 Å². The highest BCUT2D eigenvalue weighted by Crippen LogP contribution is 2.17. The topological polar surface area (TPSA) is 77.8 Å². The lowest BCUT2D eigenvalue weighted by Crippen LogP contribution is -1.87. The molecule has 0 aromatic carbocycles. The molecule has 0 aliphatic rings. The molecule has 17 heavy (non-hydrogen) atoms. The van der Waals surface area contributed by atoms with Crippen molar-refractivity contribution in [3.8, 4) is 0 Å². The fourth-order valence-corrected chi connectivity index (χ4v) is 1.59. The lowest BCUT2D eigenvalue weighted by Gasteiger charge is -1.88. The van der Waals surface area contributed by atoms with Crippen molar-refractivity contribution in [2.75, 3.05) is 0 Å². The van der Waals surface area contributed by atoms with Gasteiger partial charge in [-0.3, -0.25) is 4.98 Å². The van der Waals surface area contributed by atoms with Gasteiger partial charge in [0.05, 0.1) is 6.20 Å². The second-order valence-electron chi connectivity index (χ2n) is 3.79. The number of nitrogens with zero attached hydrogens (tertiary/aromatic N) is 4. The molecule has 0 amide bonds. The molecular formula is C11H10N4O2. The Bertz CT molecular complexity index is 671. The first-order valence-corrected chi connectivity index (χ1v) is 5.22. The normalized spacial score (nSPS) is 11.2. The Morgan fingerprint density at radius 2 is 2.00 bits per heavy atom. The van der Waals surface area contributed by atoms with Crippen LogP contribution in [0.5, 0.6) is 0 Å². The van der Waals surface area contributed by atoms with E-state index in [0.717, 1.165) is 16.8 Å². The number of fused-ring (bicyclic) bond motifs is 1. The van der Waals surface area contributed by atoms with Crippen LogP contribution in [0, 0.1) is 13.8 Å². The van der Waals surface area contributed by atoms with Gasteiger partial charge in [0.2, 0.25) is 17.7 Å². The van der Waals surface area contributed by atoms with E-state index in [1.54, 1.807) is 13.1 Å². The zero-order valence-electron chi connectivity index (χ0n) is 9.47. The van der Waals surface area contributed by atoms with E-state index in [-0.39, 0.29) is 0 Å². The molecule has 0 aliphatic heterocycles. The Morgan fingerprint density at radius 1 is 1.12 bits per heavy atom. The van der Waals surface area contributed by atoms with E-state index in [4.69, 9.17) is 8.83 Å². The van der Waals surface area contributed by atoms with Gasteiger partial charge in [0, 0.05) is 18.7 Å². The van der Waals surface area contributed by atoms with Crippen molar-refractivity contribution in [3.63, 3.8) is 0 Å². The quantitative estimate of drug-likeness (QED) is 0.668. The molecule has 6 heteroatoms. The van der Waals surface area contributed by atoms with Gasteiger partial charge < -0.3 is 8.83 Å². The Labute approximate surface area is 96.7 Å². The summed E-state index contributed by atoms with van der Waals surface area (Å²) in [5.41, 5.74) is 2.36. The molecule has 0 N–H and O–H groups in total. The van der Waals surface area contributed by atoms with Crippen LogP contribution >= 0.6 is 0 Å². The molecule has 3 rings (SSSR count). The first-order chi connectivity index (χ1) is 8.20. The maximum Gasteiger partial charge on any atom is 0.225 e. The maximum atomic E-state index is 5.58. The molecule has 3 aromatic heterocycles. The molecule has 0 saturated heterocycles. The summed E-state index contributed by atoms with van der Waals surface area (Å²) in [6.07, 6.45) is 2.09. The van der Waals surface area contributed by atoms with Crippen LogP contribution in [0.1, 0.15) is 23.4 Å². The SMILES string of the molecule is Cc1cc2oc(Cc3nnc(C)o3)nc2cn1. The molecule has 0 aliphatic carbocycles. The third-order valence-electron chi connectivity index (χ3n) is 2.33. The van der Waals surface area contributed by atoms with Crippen LogP contribution in [0.4, 0.5) is 0 Å². The number of hydrogen-bond acceptors (Lipinski definition) is 6. The van der Waals surface area contributed by atoms with Crippen molar-refractivity contribution in [1.82, 2.24) is 20.2 Å². The maximum absolute atomic E-state index is 5.58. The Balaban J connectivity index is 1.95. The van der Waals surface area contributed by atoms with Crippen LogP contribution in [-0.4, -0.2) is 20.2 Å². The molecule has 6 nitrogen and oxygen atoms in total. The highest BCUT2D eigenvalue weighted by Gasteiger charge is 2.10. The highest BCUT2D eigenvalue weighted by molar-refractivity contribution is 5.71. The van der Waals surface area contributed by atoms with Crippen molar-refractivity contribution in [2.24, 2.45) is 0 Å². The van der Waals surface area contributed by atoms with Gasteiger partial charge >= 0.3 is 0 Å². The van der Waals surface area contributed by atoms with E-state index in [9.17, 15) is 0 Å². The number of hydrogen-bond donors (Lipinski definition) is 0. The average molecular weight is 230 g/mol. The second-order valence-corrected chi connectivity index (χ2v) is 3.79. The van der Waals surface area contributed by atoms with Gasteiger partial charge in [-0.1, -0.05) is 0 Å². The summed E-state index contributed by atoms with van der Waals surface area (Å²) < 4.78 is 10.9. The fraction of sp³-hybridized carbons (Fsp3) is 0.273. The van der Waals surface area contributed by atoms with Crippen molar-refractivity contribution >= 4 is 11.1 Å². The monoisotopic (exact) mass is 230 g/mol. The van der Waals surface area contributed by atoms with Crippen LogP contribution in [-0.2, 0) is 6.42 Å². The summed E-state index contributed by atoms with van der Waals surface area (Å²) in [6, 6.07) is 1.85. The minimum atomic E-state index is 0.397. The van der Waals surface area contributed by atoms with Crippen LogP contribution in [0.2, 0.25) is 0 Å². The van der Waals surface area contributed by atoms with Crippen molar-refractivity contribution < 1.29 is 8.83 Å². The smallest absolute Gasteiger partial charge is 0.225 e. The summed E-state index contributed by atoms with van der Waals surface area (Å²) in [6.45, 7) is 3.65. The minimum Gasteiger partial charge on any atom is -0.440 e. The Morgan fingerprint density at radius 3 is 2.76 bits per heavy atom. The predicted octanol–water partition coefficient (Wildman–Crippen LogP) is 1.81. The molecule has 0 saturated carbocycles. The van der Waals surface area contributed by atoms with Crippen LogP contribution in [0.3, 0.4) is 0 Å². The third-order valence-corrected chi connectivity index (χ3v) is 2.33. The van der Waals surface area contributed by atoms with E-state index < -0.39 is 0 Å². The molecule has 0 radical (unpaired) electrons. The molecule has 0 unspecified atom stereocenters. The molecule has 0 spiro atoms. The van der Waals surface area contributed by atoms with Crippen LogP contribution in [0.15, 0.2) is 21.1 Å². The van der Waals surface area contributed by atoms with E-state index >= 15 is 0 Å². The van der Waals surface area contributed by atoms with Crippen LogP contribution in [0.25, 0.3) is 11.1 Å². The highest BCUT2D eigenvalue weighted by atomic mass is 16.4. The summed E-state index contributed by atoms with van der Waals surface area (Å²) in [5.74, 6) is 1.59. The number of aryl methyl sites for hydroxylation is 2. The minimum absolute atomic E-state index is 0.397. The summed E-state index contributed by atoms with van der Waals surface area (Å²) in [7, 11) is 0. The molecule has 0 atom stereocenters. The van der Waals surface area contributed by atoms with Gasteiger partial charge in [0.1, 0.15) is 11.9 Å². The molecule has 0 fully saturated rings. The molecule has 3 heterocycles. The standard InChI is InChI=1S/C11H10N4O2/c1-6-3-9-8(5-12-6)13-10(17-9)4-11-15-14-7(2)16-11/h3,5H,4H2,1-2H3. The average Bonchev–Trinajstić information content (AvgIpc) is 2.84. The third kappa shape index (κ3) is 1.89. The van der Waals surface area contributed by atoms with Gasteiger partial charge in [-0.15, -0.1) is 10.2 Å². The number of rotatable bonds is 2. The Kier molecular flexibility index (Phi) is 2.14. The number of pyridine rings is 1. The van der Waals surface area contributed by atoms with Gasteiger partial charge in [0.25, 0.3) is 0 Å². The Hall–Kier alpha value is -2.24. The first-order valence-electron chi connectivity index (χ1n) is 5.22. The van der Waals surface area contributed by atoms with Crippen molar-refractivity contribution in [1.29, 1.82) is 0 Å². The summed E-state index contributed by atoms with van der Waals surface area (Å²) in [5, 5.41) is 7.65. The van der Waals surface area contributed by atoms with Gasteiger partial charge in [-0.2, -0.15) is 0 Å². The largest absolute Gasteiger partial charge is 0.440 e. The fourth-order valence-electron chi connectivity index (χ4n) is 1.59. The predicted molar refractivity (Wildman–Crippen MR) is 58.4 cm³/mol. The lowest BCUT2D eigenvalue weighted by molar-refractivity contribution is 0.451. The molecular weight excluding hydrogens is 220 g/mol. The number of aromatic nitrogens is 4. The first kappa shape index (κ1) is 9.95. The van der Waals surface area contributed by atoms with Crippen molar-refractivity contribution in [2.45, 2.75) is 20.3 Å². The van der Waals surface area contributed by atoms with E-state index in [1.807, 2.05) is 13.0 Å². The molecule has 3 aromatic rings. The second kappa shape index (κ2) is 3.65. The van der Waals surface area contributed by atoms with Gasteiger partial charge in [0.15, 0.2) is 5.58 Å². The van der Waals surface area contributed by atoms with Gasteiger partial charge in [-0.25, -0.2) is 4.98 Å². The van der Waals surface area contributed by atoms with Gasteiger partial charge in [-0.05, 0) is 6.92 Å². The molecule has 86 valence electrons.